The van der Waals surface area contributed by atoms with Gasteiger partial charge in [0.1, 0.15) is 10.6 Å². The zero-order valence-corrected chi connectivity index (χ0v) is 18.1. The van der Waals surface area contributed by atoms with E-state index in [0.717, 1.165) is 29.1 Å². The molecule has 1 saturated carbocycles. The van der Waals surface area contributed by atoms with Crippen LogP contribution in [-0.4, -0.2) is 32.5 Å². The standard InChI is InChI=1S/C21H21N3O4S2/c1-13-22-18(12-29-13)14-4-3-5-17(10-14)23-21(25)15-6-9-19(28-2)20(11-15)30(26,27)24-16-7-8-16/h3-6,9-12,16,24H,7-8H2,1-2H3,(H,23,25). The Morgan fingerprint density at radius 1 is 1.20 bits per heavy atom. The van der Waals surface area contributed by atoms with Crippen molar-refractivity contribution in [2.45, 2.75) is 30.7 Å². The summed E-state index contributed by atoms with van der Waals surface area (Å²) in [5, 5.41) is 5.75. The Kier molecular flexibility index (Phi) is 5.59. The quantitative estimate of drug-likeness (QED) is 0.579. The summed E-state index contributed by atoms with van der Waals surface area (Å²) < 4.78 is 33.2. The van der Waals surface area contributed by atoms with Gasteiger partial charge in [0.05, 0.1) is 17.8 Å². The summed E-state index contributed by atoms with van der Waals surface area (Å²) >= 11 is 1.56. The molecule has 0 unspecified atom stereocenters. The predicted molar refractivity (Wildman–Crippen MR) is 117 cm³/mol. The van der Waals surface area contributed by atoms with Crippen LogP contribution in [0.3, 0.4) is 0 Å². The highest BCUT2D eigenvalue weighted by Crippen LogP contribution is 2.29. The molecular weight excluding hydrogens is 422 g/mol. The van der Waals surface area contributed by atoms with Crippen LogP contribution in [-0.2, 0) is 10.0 Å². The van der Waals surface area contributed by atoms with Gasteiger partial charge in [-0.25, -0.2) is 18.1 Å². The molecule has 0 saturated heterocycles. The first kappa shape index (κ1) is 20.5. The number of aryl methyl sites for hydroxylation is 1. The Balaban J connectivity index is 1.58. The summed E-state index contributed by atoms with van der Waals surface area (Å²) in [5.41, 5.74) is 2.56. The van der Waals surface area contributed by atoms with Crippen molar-refractivity contribution in [2.24, 2.45) is 0 Å². The lowest BCUT2D eigenvalue weighted by Crippen LogP contribution is -2.26. The average molecular weight is 444 g/mol. The number of methoxy groups -OCH3 is 1. The minimum atomic E-state index is -3.77. The van der Waals surface area contributed by atoms with Crippen molar-refractivity contribution in [3.8, 4) is 17.0 Å². The molecule has 3 aromatic rings. The smallest absolute Gasteiger partial charge is 0.255 e. The molecule has 1 fully saturated rings. The van der Waals surface area contributed by atoms with E-state index >= 15 is 0 Å². The predicted octanol–water partition coefficient (Wildman–Crippen LogP) is 3.82. The first-order chi connectivity index (χ1) is 14.4. The van der Waals surface area contributed by atoms with Crippen molar-refractivity contribution in [2.75, 3.05) is 12.4 Å². The number of nitrogens with one attached hydrogen (secondary N) is 2. The van der Waals surface area contributed by atoms with Crippen LogP contribution in [0.2, 0.25) is 0 Å². The molecule has 2 aromatic carbocycles. The second-order valence-electron chi connectivity index (χ2n) is 7.05. The van der Waals surface area contributed by atoms with Crippen molar-refractivity contribution in [3.63, 3.8) is 0 Å². The Labute approximate surface area is 179 Å². The highest BCUT2D eigenvalue weighted by atomic mass is 32.2. The van der Waals surface area contributed by atoms with Crippen LogP contribution in [0.5, 0.6) is 5.75 Å². The summed E-state index contributed by atoms with van der Waals surface area (Å²) in [6.45, 7) is 1.94. The first-order valence-corrected chi connectivity index (χ1v) is 11.8. The number of benzene rings is 2. The number of thiazole rings is 1. The zero-order valence-electron chi connectivity index (χ0n) is 16.5. The number of anilines is 1. The van der Waals surface area contributed by atoms with Crippen molar-refractivity contribution in [1.29, 1.82) is 0 Å². The fraction of sp³-hybridized carbons (Fsp3) is 0.238. The number of rotatable bonds is 7. The van der Waals surface area contributed by atoms with E-state index in [9.17, 15) is 13.2 Å². The molecule has 0 aliphatic heterocycles. The molecule has 30 heavy (non-hydrogen) atoms. The normalized spacial score (nSPS) is 13.8. The van der Waals surface area contributed by atoms with Crippen LogP contribution in [0.1, 0.15) is 28.2 Å². The van der Waals surface area contributed by atoms with Crippen molar-refractivity contribution in [3.05, 3.63) is 58.4 Å². The Morgan fingerprint density at radius 3 is 2.67 bits per heavy atom. The molecule has 156 valence electrons. The maximum Gasteiger partial charge on any atom is 0.255 e. The Bertz CT molecular complexity index is 1200. The number of sulfonamides is 1. The van der Waals surface area contributed by atoms with Crippen molar-refractivity contribution >= 4 is 33.0 Å². The van der Waals surface area contributed by atoms with Gasteiger partial charge < -0.3 is 10.1 Å². The van der Waals surface area contributed by atoms with E-state index in [1.165, 1.54) is 25.3 Å². The lowest BCUT2D eigenvalue weighted by molar-refractivity contribution is 0.102. The molecular formula is C21H21N3O4S2. The molecule has 0 atom stereocenters. The third-order valence-electron chi connectivity index (χ3n) is 4.65. The summed E-state index contributed by atoms with van der Waals surface area (Å²) in [4.78, 5) is 17.2. The molecule has 9 heteroatoms. The lowest BCUT2D eigenvalue weighted by Gasteiger charge is -2.12. The lowest BCUT2D eigenvalue weighted by atomic mass is 10.1. The van der Waals surface area contributed by atoms with Gasteiger partial charge in [-0.05, 0) is 50.1 Å². The fourth-order valence-corrected chi connectivity index (χ4v) is 5.09. The number of aromatic nitrogens is 1. The number of ether oxygens (including phenoxy) is 1. The molecule has 1 aliphatic rings. The molecule has 1 aliphatic carbocycles. The van der Waals surface area contributed by atoms with Gasteiger partial charge in [0.25, 0.3) is 5.91 Å². The maximum atomic E-state index is 12.8. The van der Waals surface area contributed by atoms with E-state index in [1.54, 1.807) is 17.4 Å². The highest BCUT2D eigenvalue weighted by molar-refractivity contribution is 7.89. The van der Waals surface area contributed by atoms with E-state index in [4.69, 9.17) is 4.74 Å². The Morgan fingerprint density at radius 2 is 2.00 bits per heavy atom. The zero-order chi connectivity index (χ0) is 21.3. The van der Waals surface area contributed by atoms with Crippen LogP contribution in [0.25, 0.3) is 11.3 Å². The third kappa shape index (κ3) is 4.53. The van der Waals surface area contributed by atoms with Crippen LogP contribution in [0.15, 0.2) is 52.7 Å². The number of hydrogen-bond donors (Lipinski definition) is 2. The molecule has 2 N–H and O–H groups in total. The molecule has 1 heterocycles. The SMILES string of the molecule is COc1ccc(C(=O)Nc2cccc(-c3csc(C)n3)c2)cc1S(=O)(=O)NC1CC1. The summed E-state index contributed by atoms with van der Waals surface area (Å²) in [5.74, 6) is -0.215. The van der Waals surface area contributed by atoms with Gasteiger partial charge >= 0.3 is 0 Å². The monoisotopic (exact) mass is 443 g/mol. The average Bonchev–Trinajstić information content (AvgIpc) is 3.43. The fourth-order valence-electron chi connectivity index (χ4n) is 2.97. The summed E-state index contributed by atoms with van der Waals surface area (Å²) in [6.07, 6.45) is 1.63. The van der Waals surface area contributed by atoms with Gasteiger partial charge in [-0.15, -0.1) is 11.3 Å². The van der Waals surface area contributed by atoms with Crippen LogP contribution < -0.4 is 14.8 Å². The summed E-state index contributed by atoms with van der Waals surface area (Å²) in [7, 11) is -2.37. The van der Waals surface area contributed by atoms with Gasteiger partial charge in [0.15, 0.2) is 0 Å². The molecule has 0 spiro atoms. The van der Waals surface area contributed by atoms with Gasteiger partial charge in [0.2, 0.25) is 10.0 Å². The van der Waals surface area contributed by atoms with Crippen molar-refractivity contribution in [1.82, 2.24) is 9.71 Å². The largest absolute Gasteiger partial charge is 0.495 e. The van der Waals surface area contributed by atoms with Gasteiger partial charge in [-0.3, -0.25) is 4.79 Å². The van der Waals surface area contributed by atoms with Gasteiger partial charge in [-0.1, -0.05) is 12.1 Å². The number of carbonyl (C=O) groups is 1. The Hall–Kier alpha value is -2.75. The van der Waals surface area contributed by atoms with E-state index in [0.29, 0.717) is 5.69 Å². The van der Waals surface area contributed by atoms with Crippen molar-refractivity contribution < 1.29 is 17.9 Å². The molecule has 0 bridgehead atoms. The van der Waals surface area contributed by atoms with Crippen LogP contribution in [0.4, 0.5) is 5.69 Å². The molecule has 4 rings (SSSR count). The van der Waals surface area contributed by atoms with Gasteiger partial charge in [-0.2, -0.15) is 0 Å². The second kappa shape index (κ2) is 8.17. The van der Waals surface area contributed by atoms with E-state index < -0.39 is 15.9 Å². The van der Waals surface area contributed by atoms with Crippen LogP contribution >= 0.6 is 11.3 Å². The van der Waals surface area contributed by atoms with E-state index in [1.807, 2.05) is 30.5 Å². The summed E-state index contributed by atoms with van der Waals surface area (Å²) in [6, 6.07) is 11.7. The third-order valence-corrected chi connectivity index (χ3v) is 6.96. The number of hydrogen-bond acceptors (Lipinski definition) is 6. The topological polar surface area (TPSA) is 97.4 Å². The number of carbonyl (C=O) groups excluding carboxylic acids is 1. The molecule has 7 nitrogen and oxygen atoms in total. The second-order valence-corrected chi connectivity index (χ2v) is 9.79. The van der Waals surface area contributed by atoms with E-state index in [-0.39, 0.29) is 22.3 Å². The number of nitrogens with zero attached hydrogens (tertiary/aromatic N) is 1. The maximum absolute atomic E-state index is 12.8. The highest BCUT2D eigenvalue weighted by Gasteiger charge is 2.30. The van der Waals surface area contributed by atoms with Gasteiger partial charge in [0, 0.05) is 28.2 Å². The minimum Gasteiger partial charge on any atom is -0.495 e. The number of amides is 1. The first-order valence-electron chi connectivity index (χ1n) is 9.40. The molecule has 1 amide bonds. The molecule has 0 radical (unpaired) electrons. The van der Waals surface area contributed by atoms with E-state index in [2.05, 4.69) is 15.0 Å². The minimum absolute atomic E-state index is 0.0451. The molecule has 1 aromatic heterocycles. The van der Waals surface area contributed by atoms with Crippen LogP contribution in [0, 0.1) is 6.92 Å².